The van der Waals surface area contributed by atoms with Gasteiger partial charge in [-0.3, -0.25) is 0 Å². The summed E-state index contributed by atoms with van der Waals surface area (Å²) in [5, 5.41) is 19.9. The van der Waals surface area contributed by atoms with Crippen LogP contribution in [0.25, 0.3) is 0 Å². The monoisotopic (exact) mass is 168 g/mol. The van der Waals surface area contributed by atoms with Crippen LogP contribution in [0.15, 0.2) is 0 Å². The van der Waals surface area contributed by atoms with Gasteiger partial charge in [0.05, 0.1) is 11.7 Å². The second-order valence-electron chi connectivity index (χ2n) is 5.01. The number of aliphatic hydroxyl groups is 2. The molecule has 0 aromatic rings. The summed E-state index contributed by atoms with van der Waals surface area (Å²) >= 11 is 0. The summed E-state index contributed by atoms with van der Waals surface area (Å²) in [4.78, 5) is 0. The van der Waals surface area contributed by atoms with Crippen molar-refractivity contribution in [3.05, 3.63) is 0 Å². The fourth-order valence-electron chi connectivity index (χ4n) is 3.88. The van der Waals surface area contributed by atoms with Gasteiger partial charge in [-0.15, -0.1) is 0 Å². The lowest BCUT2D eigenvalue weighted by Crippen LogP contribution is -2.51. The second-order valence-corrected chi connectivity index (χ2v) is 5.01. The van der Waals surface area contributed by atoms with Crippen LogP contribution in [-0.4, -0.2) is 21.9 Å². The van der Waals surface area contributed by atoms with Crippen LogP contribution in [-0.2, 0) is 0 Å². The van der Waals surface area contributed by atoms with E-state index in [9.17, 15) is 10.2 Å². The molecule has 2 nitrogen and oxygen atoms in total. The molecule has 0 amide bonds. The van der Waals surface area contributed by atoms with E-state index in [2.05, 4.69) is 0 Å². The summed E-state index contributed by atoms with van der Waals surface area (Å²) in [6.45, 7) is 0. The van der Waals surface area contributed by atoms with Crippen LogP contribution in [0.1, 0.15) is 32.1 Å². The Morgan fingerprint density at radius 2 is 2.00 bits per heavy atom. The molecular formula is C10H16O2. The van der Waals surface area contributed by atoms with Crippen LogP contribution in [0.3, 0.4) is 0 Å². The van der Waals surface area contributed by atoms with Gasteiger partial charge in [0, 0.05) is 0 Å². The highest BCUT2D eigenvalue weighted by molar-refractivity contribution is 5.08. The van der Waals surface area contributed by atoms with E-state index in [1.807, 2.05) is 0 Å². The summed E-state index contributed by atoms with van der Waals surface area (Å²) in [5.74, 6) is 1.57. The summed E-state index contributed by atoms with van der Waals surface area (Å²) in [6, 6.07) is 0. The quantitative estimate of drug-likeness (QED) is 0.564. The van der Waals surface area contributed by atoms with Gasteiger partial charge in [-0.25, -0.2) is 0 Å². The van der Waals surface area contributed by atoms with Crippen molar-refractivity contribution in [3.8, 4) is 0 Å². The molecule has 68 valence electrons. The molecule has 0 aromatic heterocycles. The lowest BCUT2D eigenvalue weighted by Gasteiger charge is -2.49. The van der Waals surface area contributed by atoms with E-state index in [0.29, 0.717) is 11.8 Å². The number of rotatable bonds is 0. The van der Waals surface area contributed by atoms with Crippen LogP contribution < -0.4 is 0 Å². The predicted octanol–water partition coefficient (Wildman–Crippen LogP) is 0.918. The van der Waals surface area contributed by atoms with Crippen molar-refractivity contribution in [2.75, 3.05) is 0 Å². The van der Waals surface area contributed by atoms with Gasteiger partial charge in [0.15, 0.2) is 0 Å². The van der Waals surface area contributed by atoms with Crippen molar-refractivity contribution in [3.63, 3.8) is 0 Å². The van der Waals surface area contributed by atoms with Crippen LogP contribution >= 0.6 is 0 Å². The van der Waals surface area contributed by atoms with Crippen LogP contribution in [0.2, 0.25) is 0 Å². The molecule has 4 rings (SSSR count). The highest BCUT2D eigenvalue weighted by Gasteiger charge is 2.57. The first-order valence-corrected chi connectivity index (χ1v) is 5.09. The molecule has 5 atom stereocenters. The largest absolute Gasteiger partial charge is 0.393 e. The highest BCUT2D eigenvalue weighted by Crippen LogP contribution is 2.58. The van der Waals surface area contributed by atoms with E-state index in [0.717, 1.165) is 25.2 Å². The third-order valence-electron chi connectivity index (χ3n) is 4.47. The molecule has 0 unspecified atom stereocenters. The fraction of sp³-hybridized carbons (Fsp3) is 1.00. The van der Waals surface area contributed by atoms with E-state index in [1.54, 1.807) is 0 Å². The number of hydrogen-bond donors (Lipinski definition) is 2. The van der Waals surface area contributed by atoms with Gasteiger partial charge in [0.25, 0.3) is 0 Å². The molecule has 4 bridgehead atoms. The number of hydrogen-bond acceptors (Lipinski definition) is 2. The highest BCUT2D eigenvalue weighted by atomic mass is 16.3. The molecule has 0 spiro atoms. The minimum atomic E-state index is -0.368. The molecule has 2 N–H and O–H groups in total. The maximum atomic E-state index is 10.2. The average Bonchev–Trinajstić information content (AvgIpc) is 2.28. The lowest BCUT2D eigenvalue weighted by atomic mass is 9.60. The molecule has 0 aliphatic heterocycles. The van der Waals surface area contributed by atoms with Gasteiger partial charge < -0.3 is 10.2 Å². The molecule has 4 aliphatic carbocycles. The van der Waals surface area contributed by atoms with Crippen molar-refractivity contribution in [1.29, 1.82) is 0 Å². The topological polar surface area (TPSA) is 40.5 Å². The average molecular weight is 168 g/mol. The molecule has 4 aliphatic rings. The third-order valence-corrected chi connectivity index (χ3v) is 4.47. The Labute approximate surface area is 72.6 Å². The normalized spacial score (nSPS) is 62.5. The molecule has 0 saturated heterocycles. The summed E-state index contributed by atoms with van der Waals surface area (Å²) in [5.41, 5.74) is -0.368. The minimum absolute atomic E-state index is 0.107. The molecule has 0 radical (unpaired) electrons. The SMILES string of the molecule is O[C@@H]1C[C@@H]2[C@H]3CC[C@]2(O)C[C@@H]1C3. The van der Waals surface area contributed by atoms with Gasteiger partial charge in [0.2, 0.25) is 0 Å². The standard InChI is InChI=1S/C10H16O2/c11-9-4-8-6-1-2-10(8,12)5-7(9)3-6/h6-9,11-12H,1-5H2/t6-,7-,8+,9+,10-/m0/s1. The van der Waals surface area contributed by atoms with Gasteiger partial charge in [-0.05, 0) is 49.9 Å². The van der Waals surface area contributed by atoms with E-state index < -0.39 is 0 Å². The zero-order chi connectivity index (χ0) is 8.34. The third kappa shape index (κ3) is 0.728. The molecule has 2 heteroatoms. The Bertz CT molecular complexity index is 216. The first-order valence-electron chi connectivity index (χ1n) is 5.09. The van der Waals surface area contributed by atoms with Gasteiger partial charge in [-0.2, -0.15) is 0 Å². The molecule has 12 heavy (non-hydrogen) atoms. The van der Waals surface area contributed by atoms with E-state index in [-0.39, 0.29) is 11.7 Å². The molecule has 4 saturated carbocycles. The molecule has 4 fully saturated rings. The first kappa shape index (κ1) is 7.34. The number of aliphatic hydroxyl groups excluding tert-OH is 1. The lowest BCUT2D eigenvalue weighted by molar-refractivity contribution is -0.134. The second kappa shape index (κ2) is 2.05. The zero-order valence-corrected chi connectivity index (χ0v) is 7.24. The Morgan fingerprint density at radius 1 is 1.17 bits per heavy atom. The van der Waals surface area contributed by atoms with Crippen LogP contribution in [0.4, 0.5) is 0 Å². The van der Waals surface area contributed by atoms with Crippen molar-refractivity contribution < 1.29 is 10.2 Å². The smallest absolute Gasteiger partial charge is 0.0683 e. The molecule has 0 aromatic carbocycles. The van der Waals surface area contributed by atoms with Crippen molar-refractivity contribution >= 4 is 0 Å². The maximum absolute atomic E-state index is 10.2. The van der Waals surface area contributed by atoms with E-state index in [1.165, 1.54) is 12.8 Å². The predicted molar refractivity (Wildman–Crippen MR) is 44.5 cm³/mol. The Balaban J connectivity index is 1.97. The summed E-state index contributed by atoms with van der Waals surface area (Å²) < 4.78 is 0. The number of fused-ring (bicyclic) bond motifs is 1. The van der Waals surface area contributed by atoms with Crippen molar-refractivity contribution in [2.45, 2.75) is 43.8 Å². The Kier molecular flexibility index (Phi) is 1.25. The van der Waals surface area contributed by atoms with E-state index >= 15 is 0 Å². The fourth-order valence-corrected chi connectivity index (χ4v) is 3.88. The van der Waals surface area contributed by atoms with Crippen molar-refractivity contribution in [2.24, 2.45) is 17.8 Å². The van der Waals surface area contributed by atoms with Crippen LogP contribution in [0.5, 0.6) is 0 Å². The zero-order valence-electron chi connectivity index (χ0n) is 7.24. The van der Waals surface area contributed by atoms with Gasteiger partial charge >= 0.3 is 0 Å². The van der Waals surface area contributed by atoms with Crippen LogP contribution in [0, 0.1) is 17.8 Å². The minimum Gasteiger partial charge on any atom is -0.393 e. The van der Waals surface area contributed by atoms with Crippen molar-refractivity contribution in [1.82, 2.24) is 0 Å². The summed E-state index contributed by atoms with van der Waals surface area (Å²) in [7, 11) is 0. The van der Waals surface area contributed by atoms with Gasteiger partial charge in [-0.1, -0.05) is 0 Å². The first-order chi connectivity index (χ1) is 5.69. The molecule has 0 heterocycles. The summed E-state index contributed by atoms with van der Waals surface area (Å²) in [6.07, 6.45) is 5.00. The Hall–Kier alpha value is -0.0800. The maximum Gasteiger partial charge on any atom is 0.0683 e. The Morgan fingerprint density at radius 3 is 2.67 bits per heavy atom. The molecular weight excluding hydrogens is 152 g/mol. The van der Waals surface area contributed by atoms with Gasteiger partial charge in [0.1, 0.15) is 0 Å². The van der Waals surface area contributed by atoms with E-state index in [4.69, 9.17) is 0 Å².